The number of ether oxygens (including phenoxy) is 1. The third-order valence-electron chi connectivity index (χ3n) is 4.92. The van der Waals surface area contributed by atoms with Crippen molar-refractivity contribution in [1.29, 1.82) is 0 Å². The van der Waals surface area contributed by atoms with Crippen LogP contribution in [-0.2, 0) is 14.6 Å². The second-order valence-corrected chi connectivity index (χ2v) is 9.04. The number of amides is 1. The van der Waals surface area contributed by atoms with E-state index in [1.807, 2.05) is 45.9 Å². The van der Waals surface area contributed by atoms with Gasteiger partial charge in [-0.25, -0.2) is 8.42 Å². The number of rotatable bonds is 8. The number of nitrogens with one attached hydrogen (secondary N) is 1. The summed E-state index contributed by atoms with van der Waals surface area (Å²) >= 11 is 0. The van der Waals surface area contributed by atoms with Crippen LogP contribution in [0, 0.1) is 13.8 Å². The topological polar surface area (TPSA) is 72.5 Å². The van der Waals surface area contributed by atoms with Gasteiger partial charge in [0, 0.05) is 6.26 Å². The van der Waals surface area contributed by atoms with E-state index < -0.39 is 15.9 Å². The lowest BCUT2D eigenvalue weighted by atomic mass is 10.0. The SMILES string of the molecule is CC[C@@H](Oc1cccc(C)c1C)C(=O)N[C@H](CC)c1ccc(S(C)(=O)=O)cc1. The molecule has 5 nitrogen and oxygen atoms in total. The van der Waals surface area contributed by atoms with Crippen LogP contribution in [0.25, 0.3) is 0 Å². The van der Waals surface area contributed by atoms with Gasteiger partial charge < -0.3 is 10.1 Å². The Balaban J connectivity index is 2.14. The largest absolute Gasteiger partial charge is 0.480 e. The number of sulfone groups is 1. The van der Waals surface area contributed by atoms with Crippen LogP contribution in [0.15, 0.2) is 47.4 Å². The van der Waals surface area contributed by atoms with Crippen LogP contribution in [0.3, 0.4) is 0 Å². The van der Waals surface area contributed by atoms with E-state index in [2.05, 4.69) is 5.32 Å². The van der Waals surface area contributed by atoms with Gasteiger partial charge in [0.05, 0.1) is 10.9 Å². The van der Waals surface area contributed by atoms with Gasteiger partial charge in [-0.3, -0.25) is 4.79 Å². The minimum Gasteiger partial charge on any atom is -0.480 e. The Kier molecular flexibility index (Phi) is 7.24. The lowest BCUT2D eigenvalue weighted by Gasteiger charge is -2.23. The van der Waals surface area contributed by atoms with Crippen molar-refractivity contribution in [1.82, 2.24) is 5.32 Å². The van der Waals surface area contributed by atoms with Crippen LogP contribution in [-0.4, -0.2) is 26.7 Å². The number of aryl methyl sites for hydroxylation is 1. The van der Waals surface area contributed by atoms with Gasteiger partial charge in [0.2, 0.25) is 0 Å². The molecular formula is C22H29NO4S. The van der Waals surface area contributed by atoms with E-state index in [1.54, 1.807) is 24.3 Å². The van der Waals surface area contributed by atoms with Crippen molar-refractivity contribution in [2.45, 2.75) is 57.6 Å². The van der Waals surface area contributed by atoms with Crippen molar-refractivity contribution in [2.75, 3.05) is 6.26 Å². The van der Waals surface area contributed by atoms with Crippen LogP contribution < -0.4 is 10.1 Å². The highest BCUT2D eigenvalue weighted by atomic mass is 32.2. The van der Waals surface area contributed by atoms with Gasteiger partial charge in [0.1, 0.15) is 5.75 Å². The fourth-order valence-electron chi connectivity index (χ4n) is 2.96. The summed E-state index contributed by atoms with van der Waals surface area (Å²) in [6, 6.07) is 12.2. The minimum absolute atomic E-state index is 0.178. The molecule has 1 amide bonds. The molecule has 0 bridgehead atoms. The van der Waals surface area contributed by atoms with E-state index in [9.17, 15) is 13.2 Å². The Morgan fingerprint density at radius 1 is 1.04 bits per heavy atom. The highest BCUT2D eigenvalue weighted by Gasteiger charge is 2.23. The monoisotopic (exact) mass is 403 g/mol. The van der Waals surface area contributed by atoms with Crippen LogP contribution >= 0.6 is 0 Å². The number of hydrogen-bond acceptors (Lipinski definition) is 4. The van der Waals surface area contributed by atoms with E-state index >= 15 is 0 Å². The summed E-state index contributed by atoms with van der Waals surface area (Å²) in [5.41, 5.74) is 3.01. The zero-order valence-corrected chi connectivity index (χ0v) is 18.0. The molecule has 2 atom stereocenters. The second-order valence-electron chi connectivity index (χ2n) is 7.02. The molecule has 6 heteroatoms. The van der Waals surface area contributed by atoms with Gasteiger partial charge in [0.25, 0.3) is 5.91 Å². The molecule has 0 spiro atoms. The zero-order valence-electron chi connectivity index (χ0n) is 17.2. The average Bonchev–Trinajstić information content (AvgIpc) is 2.66. The predicted molar refractivity (Wildman–Crippen MR) is 111 cm³/mol. The highest BCUT2D eigenvalue weighted by molar-refractivity contribution is 7.90. The van der Waals surface area contributed by atoms with E-state index in [0.29, 0.717) is 18.6 Å². The summed E-state index contributed by atoms with van der Waals surface area (Å²) in [6.45, 7) is 7.88. The van der Waals surface area contributed by atoms with Gasteiger partial charge in [0.15, 0.2) is 15.9 Å². The molecule has 0 fully saturated rings. The third kappa shape index (κ3) is 5.35. The van der Waals surface area contributed by atoms with Gasteiger partial charge in [-0.1, -0.05) is 38.1 Å². The van der Waals surface area contributed by atoms with E-state index in [4.69, 9.17) is 4.74 Å². The first-order valence-electron chi connectivity index (χ1n) is 9.50. The van der Waals surface area contributed by atoms with E-state index in [1.165, 1.54) is 6.26 Å². The van der Waals surface area contributed by atoms with Gasteiger partial charge in [-0.15, -0.1) is 0 Å². The summed E-state index contributed by atoms with van der Waals surface area (Å²) in [6.07, 6.45) is 1.81. The summed E-state index contributed by atoms with van der Waals surface area (Å²) in [5.74, 6) is 0.537. The van der Waals surface area contributed by atoms with Crippen LogP contribution in [0.1, 0.15) is 49.4 Å². The second kappa shape index (κ2) is 9.24. The fraction of sp³-hybridized carbons (Fsp3) is 0.409. The molecule has 0 aliphatic carbocycles. The first-order chi connectivity index (χ1) is 13.2. The van der Waals surface area contributed by atoms with E-state index in [-0.39, 0.29) is 16.8 Å². The van der Waals surface area contributed by atoms with Crippen molar-refractivity contribution < 1.29 is 17.9 Å². The molecule has 0 unspecified atom stereocenters. The molecule has 2 aromatic rings. The summed E-state index contributed by atoms with van der Waals surface area (Å²) < 4.78 is 29.2. The predicted octanol–water partition coefficient (Wildman–Crippen LogP) is 4.13. The molecule has 0 saturated heterocycles. The molecular weight excluding hydrogens is 374 g/mol. The van der Waals surface area contributed by atoms with Crippen LogP contribution in [0.5, 0.6) is 5.75 Å². The lowest BCUT2D eigenvalue weighted by molar-refractivity contribution is -0.129. The van der Waals surface area contributed by atoms with E-state index in [0.717, 1.165) is 16.7 Å². The molecule has 2 rings (SSSR count). The number of carbonyl (C=O) groups is 1. The smallest absolute Gasteiger partial charge is 0.261 e. The van der Waals surface area contributed by atoms with Crippen molar-refractivity contribution in [2.24, 2.45) is 0 Å². The number of benzene rings is 2. The maximum Gasteiger partial charge on any atom is 0.261 e. The van der Waals surface area contributed by atoms with Crippen molar-refractivity contribution in [3.05, 3.63) is 59.2 Å². The summed E-state index contributed by atoms with van der Waals surface area (Å²) in [5, 5.41) is 3.03. The van der Waals surface area contributed by atoms with Gasteiger partial charge in [-0.2, -0.15) is 0 Å². The molecule has 28 heavy (non-hydrogen) atoms. The molecule has 0 saturated carbocycles. The molecule has 0 aliphatic heterocycles. The number of carbonyl (C=O) groups excluding carboxylic acids is 1. The summed E-state index contributed by atoms with van der Waals surface area (Å²) in [4.78, 5) is 13.1. The molecule has 0 radical (unpaired) electrons. The Morgan fingerprint density at radius 3 is 2.21 bits per heavy atom. The Morgan fingerprint density at radius 2 is 1.68 bits per heavy atom. The number of hydrogen-bond donors (Lipinski definition) is 1. The first-order valence-corrected chi connectivity index (χ1v) is 11.4. The van der Waals surface area contributed by atoms with Gasteiger partial charge >= 0.3 is 0 Å². The Hall–Kier alpha value is -2.34. The molecule has 0 aromatic heterocycles. The van der Waals surface area contributed by atoms with Crippen LogP contribution in [0.4, 0.5) is 0 Å². The normalized spacial score (nSPS) is 13.6. The quantitative estimate of drug-likeness (QED) is 0.719. The average molecular weight is 404 g/mol. The molecule has 0 aliphatic rings. The fourth-order valence-corrected chi connectivity index (χ4v) is 3.59. The minimum atomic E-state index is -3.24. The first kappa shape index (κ1) is 22.0. The van der Waals surface area contributed by atoms with Gasteiger partial charge in [-0.05, 0) is 61.6 Å². The molecule has 2 aromatic carbocycles. The maximum absolute atomic E-state index is 12.8. The summed E-state index contributed by atoms with van der Waals surface area (Å²) in [7, 11) is -3.24. The lowest BCUT2D eigenvalue weighted by Crippen LogP contribution is -2.40. The van der Waals surface area contributed by atoms with Crippen molar-refractivity contribution in [3.63, 3.8) is 0 Å². The molecule has 152 valence electrons. The van der Waals surface area contributed by atoms with Crippen molar-refractivity contribution in [3.8, 4) is 5.75 Å². The maximum atomic E-state index is 12.8. The standard InChI is InChI=1S/C22H29NO4S/c1-6-19(17-11-13-18(14-12-17)28(5,25)26)23-22(24)20(7-2)27-21-10-8-9-15(3)16(21)4/h8-14,19-20H,6-7H2,1-5H3,(H,23,24)/t19-,20-/m1/s1. The Bertz CT molecular complexity index is 920. The van der Waals surface area contributed by atoms with Crippen LogP contribution in [0.2, 0.25) is 0 Å². The molecule has 1 N–H and O–H groups in total. The highest BCUT2D eigenvalue weighted by Crippen LogP contribution is 2.24. The third-order valence-corrected chi connectivity index (χ3v) is 6.05. The Labute approximate surface area is 168 Å². The van der Waals surface area contributed by atoms with Crippen molar-refractivity contribution >= 4 is 15.7 Å². The zero-order chi connectivity index (χ0) is 20.9. The molecule has 0 heterocycles.